The molecule has 2 nitrogen and oxygen atoms in total. The van der Waals surface area contributed by atoms with Crippen LogP contribution in [-0.2, 0) is 5.75 Å². The lowest BCUT2D eigenvalue weighted by Gasteiger charge is -2.08. The quantitative estimate of drug-likeness (QED) is 0.761. The van der Waals surface area contributed by atoms with Crippen molar-refractivity contribution in [1.29, 1.82) is 0 Å². The fraction of sp³-hybridized carbons (Fsp3) is 0.267. The lowest BCUT2D eigenvalue weighted by atomic mass is 10.3. The van der Waals surface area contributed by atoms with E-state index in [1.54, 1.807) is 6.07 Å². The fourth-order valence-corrected chi connectivity index (χ4v) is 2.79. The number of hydrogen-bond acceptors (Lipinski definition) is 3. The van der Waals surface area contributed by atoms with Crippen LogP contribution in [0, 0.1) is 5.82 Å². The van der Waals surface area contributed by atoms with E-state index in [-0.39, 0.29) is 5.82 Å². The molecular weight excluding hydrogens is 295 g/mol. The Morgan fingerprint density at radius 1 is 1.30 bits per heavy atom. The highest BCUT2D eigenvalue weighted by atomic mass is 35.5. The average molecular weight is 311 g/mol. The number of hydrogen-bond donors (Lipinski definition) is 1. The molecule has 0 spiro atoms. The molecule has 2 aromatic rings. The summed E-state index contributed by atoms with van der Waals surface area (Å²) in [7, 11) is 0. The maximum absolute atomic E-state index is 13.1. The van der Waals surface area contributed by atoms with Crippen molar-refractivity contribution in [3.63, 3.8) is 0 Å². The van der Waals surface area contributed by atoms with Crippen molar-refractivity contribution < 1.29 is 4.39 Å². The molecule has 0 atom stereocenters. The summed E-state index contributed by atoms with van der Waals surface area (Å²) < 4.78 is 13.1. The minimum absolute atomic E-state index is 0.229. The minimum atomic E-state index is -0.229. The van der Waals surface area contributed by atoms with Gasteiger partial charge in [0.2, 0.25) is 0 Å². The molecule has 0 aliphatic heterocycles. The van der Waals surface area contributed by atoms with Gasteiger partial charge in [0.1, 0.15) is 11.6 Å². The van der Waals surface area contributed by atoms with E-state index in [1.807, 2.05) is 18.2 Å². The molecule has 0 saturated carbocycles. The minimum Gasteiger partial charge on any atom is -0.370 e. The van der Waals surface area contributed by atoms with Crippen molar-refractivity contribution in [2.45, 2.75) is 24.0 Å². The molecule has 0 bridgehead atoms. The lowest BCUT2D eigenvalue weighted by Crippen LogP contribution is -2.03. The van der Waals surface area contributed by atoms with E-state index in [1.165, 1.54) is 23.9 Å². The molecule has 0 aliphatic carbocycles. The molecule has 2 rings (SSSR count). The molecule has 1 heterocycles. The van der Waals surface area contributed by atoms with Crippen LogP contribution in [0.25, 0.3) is 0 Å². The molecule has 0 amide bonds. The van der Waals surface area contributed by atoms with E-state index < -0.39 is 0 Å². The van der Waals surface area contributed by atoms with Crippen molar-refractivity contribution in [3.05, 3.63) is 52.9 Å². The van der Waals surface area contributed by atoms with Crippen LogP contribution in [-0.4, -0.2) is 11.5 Å². The first-order valence-corrected chi connectivity index (χ1v) is 7.83. The van der Waals surface area contributed by atoms with Gasteiger partial charge in [0.25, 0.3) is 0 Å². The highest BCUT2D eigenvalue weighted by Crippen LogP contribution is 2.26. The number of nitrogens with zero attached hydrogens (tertiary/aromatic N) is 1. The van der Waals surface area contributed by atoms with E-state index in [2.05, 4.69) is 17.2 Å². The zero-order valence-electron chi connectivity index (χ0n) is 11.2. The van der Waals surface area contributed by atoms with Gasteiger partial charge < -0.3 is 5.32 Å². The topological polar surface area (TPSA) is 24.9 Å². The van der Waals surface area contributed by atoms with Crippen molar-refractivity contribution >= 4 is 29.2 Å². The Hall–Kier alpha value is -1.26. The highest BCUT2D eigenvalue weighted by molar-refractivity contribution is 7.98. The Kier molecular flexibility index (Phi) is 5.68. The SMILES string of the molecule is CCCNc1ccc(Cl)c(CSc2cccc(F)c2)n1. The maximum Gasteiger partial charge on any atom is 0.126 e. The smallest absolute Gasteiger partial charge is 0.126 e. The summed E-state index contributed by atoms with van der Waals surface area (Å²) >= 11 is 7.67. The van der Waals surface area contributed by atoms with Gasteiger partial charge in [0.15, 0.2) is 0 Å². The summed E-state index contributed by atoms with van der Waals surface area (Å²) in [4.78, 5) is 5.36. The molecule has 0 saturated heterocycles. The number of anilines is 1. The van der Waals surface area contributed by atoms with E-state index in [0.29, 0.717) is 10.8 Å². The van der Waals surface area contributed by atoms with Gasteiger partial charge in [-0.3, -0.25) is 0 Å². The van der Waals surface area contributed by atoms with E-state index in [9.17, 15) is 4.39 Å². The predicted octanol–water partition coefficient (Wildman–Crippen LogP) is 4.99. The molecule has 0 fully saturated rings. The average Bonchev–Trinajstić information content (AvgIpc) is 2.45. The standard InChI is InChI=1S/C15H16ClFN2S/c1-2-8-18-15-7-6-13(16)14(19-15)10-20-12-5-3-4-11(17)9-12/h3-7,9H,2,8,10H2,1H3,(H,18,19). The van der Waals surface area contributed by atoms with Crippen LogP contribution in [0.15, 0.2) is 41.3 Å². The third-order valence-electron chi connectivity index (χ3n) is 2.65. The zero-order valence-corrected chi connectivity index (χ0v) is 12.8. The van der Waals surface area contributed by atoms with Gasteiger partial charge in [-0.1, -0.05) is 24.6 Å². The molecule has 1 aromatic carbocycles. The summed E-state index contributed by atoms with van der Waals surface area (Å²) in [5, 5.41) is 3.87. The van der Waals surface area contributed by atoms with Crippen molar-refractivity contribution in [3.8, 4) is 0 Å². The molecule has 20 heavy (non-hydrogen) atoms. The third kappa shape index (κ3) is 4.39. The Morgan fingerprint density at radius 3 is 2.90 bits per heavy atom. The number of rotatable bonds is 6. The second-order valence-electron chi connectivity index (χ2n) is 4.30. The normalized spacial score (nSPS) is 10.6. The molecule has 5 heteroatoms. The number of benzene rings is 1. The summed E-state index contributed by atoms with van der Waals surface area (Å²) in [6.45, 7) is 2.98. The Balaban J connectivity index is 2.04. The fourth-order valence-electron chi connectivity index (χ4n) is 1.65. The van der Waals surface area contributed by atoms with Gasteiger partial charge in [-0.2, -0.15) is 0 Å². The number of nitrogens with one attached hydrogen (secondary N) is 1. The Morgan fingerprint density at radius 2 is 2.15 bits per heavy atom. The first-order chi connectivity index (χ1) is 9.69. The van der Waals surface area contributed by atoms with Crippen LogP contribution in [0.4, 0.5) is 10.2 Å². The molecule has 0 unspecified atom stereocenters. The van der Waals surface area contributed by atoms with E-state index in [0.717, 1.165) is 29.4 Å². The van der Waals surface area contributed by atoms with Crippen molar-refractivity contribution in [2.75, 3.05) is 11.9 Å². The van der Waals surface area contributed by atoms with Crippen LogP contribution in [0.5, 0.6) is 0 Å². The summed E-state index contributed by atoms with van der Waals surface area (Å²) in [5.74, 6) is 1.21. The number of aromatic nitrogens is 1. The summed E-state index contributed by atoms with van der Waals surface area (Å²) in [6, 6.07) is 10.2. The molecule has 1 N–H and O–H groups in total. The molecule has 1 aromatic heterocycles. The maximum atomic E-state index is 13.1. The van der Waals surface area contributed by atoms with E-state index >= 15 is 0 Å². The van der Waals surface area contributed by atoms with Crippen molar-refractivity contribution in [1.82, 2.24) is 4.98 Å². The first kappa shape index (κ1) is 15.1. The zero-order chi connectivity index (χ0) is 14.4. The second-order valence-corrected chi connectivity index (χ2v) is 5.75. The van der Waals surface area contributed by atoms with Crippen LogP contribution in [0.1, 0.15) is 19.0 Å². The molecule has 0 radical (unpaired) electrons. The van der Waals surface area contributed by atoms with Gasteiger partial charge in [0.05, 0.1) is 10.7 Å². The monoisotopic (exact) mass is 310 g/mol. The first-order valence-electron chi connectivity index (χ1n) is 6.46. The number of halogens is 2. The molecule has 106 valence electrons. The highest BCUT2D eigenvalue weighted by Gasteiger charge is 2.05. The van der Waals surface area contributed by atoms with Gasteiger partial charge in [-0.25, -0.2) is 9.37 Å². The van der Waals surface area contributed by atoms with Gasteiger partial charge in [-0.05, 0) is 36.8 Å². The van der Waals surface area contributed by atoms with Crippen LogP contribution in [0.3, 0.4) is 0 Å². The molecule has 0 aliphatic rings. The number of thioether (sulfide) groups is 1. The lowest BCUT2D eigenvalue weighted by molar-refractivity contribution is 0.624. The summed E-state index contributed by atoms with van der Waals surface area (Å²) in [5.41, 5.74) is 0.807. The summed E-state index contributed by atoms with van der Waals surface area (Å²) in [6.07, 6.45) is 1.04. The van der Waals surface area contributed by atoms with Crippen LogP contribution in [0.2, 0.25) is 5.02 Å². The Bertz CT molecular complexity index is 578. The van der Waals surface area contributed by atoms with Gasteiger partial charge >= 0.3 is 0 Å². The van der Waals surface area contributed by atoms with Crippen molar-refractivity contribution in [2.24, 2.45) is 0 Å². The van der Waals surface area contributed by atoms with Crippen LogP contribution < -0.4 is 5.32 Å². The largest absolute Gasteiger partial charge is 0.370 e. The van der Waals surface area contributed by atoms with Gasteiger partial charge in [0, 0.05) is 17.2 Å². The van der Waals surface area contributed by atoms with E-state index in [4.69, 9.17) is 11.6 Å². The molecular formula is C15H16ClFN2S. The van der Waals surface area contributed by atoms with Crippen LogP contribution >= 0.6 is 23.4 Å². The predicted molar refractivity (Wildman–Crippen MR) is 84.0 cm³/mol. The third-order valence-corrected chi connectivity index (χ3v) is 4.00. The second kappa shape index (κ2) is 7.50. The number of pyridine rings is 1. The Labute approximate surface area is 127 Å². The van der Waals surface area contributed by atoms with Gasteiger partial charge in [-0.15, -0.1) is 11.8 Å².